The van der Waals surface area contributed by atoms with E-state index in [1.807, 2.05) is 0 Å². The SMILES string of the molecule is CC(=O)Nc1ccc([B-](F)(F)F)cn1. The second kappa shape index (κ2) is 3.69. The van der Waals surface area contributed by atoms with Crippen LogP contribution >= 0.6 is 0 Å². The molecule has 1 rings (SSSR count). The van der Waals surface area contributed by atoms with Crippen molar-refractivity contribution < 1.29 is 17.7 Å². The Morgan fingerprint density at radius 3 is 2.43 bits per heavy atom. The fourth-order valence-corrected chi connectivity index (χ4v) is 0.853. The number of carbonyl (C=O) groups is 1. The zero-order valence-corrected chi connectivity index (χ0v) is 7.30. The molecule has 0 aromatic carbocycles. The van der Waals surface area contributed by atoms with Gasteiger partial charge in [-0.2, -0.15) is 0 Å². The van der Waals surface area contributed by atoms with Crippen LogP contribution in [-0.2, 0) is 4.79 Å². The van der Waals surface area contributed by atoms with Crippen molar-refractivity contribution in [3.8, 4) is 0 Å². The van der Waals surface area contributed by atoms with Crippen LogP contribution in [0.4, 0.5) is 18.8 Å². The van der Waals surface area contributed by atoms with Crippen molar-refractivity contribution in [3.63, 3.8) is 0 Å². The van der Waals surface area contributed by atoms with Crippen LogP contribution in [0.3, 0.4) is 0 Å². The molecular formula is C7H7BF3N2O-. The van der Waals surface area contributed by atoms with Crippen molar-refractivity contribution in [2.24, 2.45) is 0 Å². The molecule has 1 aromatic heterocycles. The molecule has 14 heavy (non-hydrogen) atoms. The predicted molar refractivity (Wildman–Crippen MR) is 47.3 cm³/mol. The molecule has 0 bridgehead atoms. The molecular weight excluding hydrogens is 196 g/mol. The molecule has 0 unspecified atom stereocenters. The van der Waals surface area contributed by atoms with Crippen LogP contribution in [0.1, 0.15) is 6.92 Å². The molecule has 0 radical (unpaired) electrons. The van der Waals surface area contributed by atoms with E-state index >= 15 is 0 Å². The molecule has 3 nitrogen and oxygen atoms in total. The van der Waals surface area contributed by atoms with Crippen molar-refractivity contribution in [3.05, 3.63) is 18.3 Å². The van der Waals surface area contributed by atoms with E-state index < -0.39 is 12.4 Å². The Bertz CT molecular complexity index is 336. The second-order valence-electron chi connectivity index (χ2n) is 2.73. The Morgan fingerprint density at radius 2 is 2.07 bits per heavy atom. The van der Waals surface area contributed by atoms with Gasteiger partial charge in [0.25, 0.3) is 0 Å². The minimum atomic E-state index is -5.02. The van der Waals surface area contributed by atoms with Crippen molar-refractivity contribution in [2.75, 3.05) is 5.32 Å². The first-order valence-corrected chi connectivity index (χ1v) is 3.83. The Kier molecular flexibility index (Phi) is 2.78. The zero-order valence-electron chi connectivity index (χ0n) is 7.30. The number of nitrogens with one attached hydrogen (secondary N) is 1. The second-order valence-corrected chi connectivity index (χ2v) is 2.73. The molecule has 0 atom stereocenters. The lowest BCUT2D eigenvalue weighted by atomic mass is 9.82. The number of pyridine rings is 1. The lowest BCUT2D eigenvalue weighted by Crippen LogP contribution is -2.34. The lowest BCUT2D eigenvalue weighted by Gasteiger charge is -2.14. The van der Waals surface area contributed by atoms with Gasteiger partial charge in [-0.3, -0.25) is 4.79 Å². The molecule has 0 spiro atoms. The van der Waals surface area contributed by atoms with Crippen molar-refractivity contribution in [2.45, 2.75) is 6.92 Å². The zero-order chi connectivity index (χ0) is 10.8. The number of amides is 1. The third-order valence-electron chi connectivity index (χ3n) is 1.47. The molecule has 0 fully saturated rings. The van der Waals surface area contributed by atoms with Crippen LogP contribution in [0.5, 0.6) is 0 Å². The van der Waals surface area contributed by atoms with Gasteiger partial charge in [0.15, 0.2) is 0 Å². The molecule has 76 valence electrons. The van der Waals surface area contributed by atoms with Gasteiger partial charge in [-0.1, -0.05) is 11.5 Å². The number of carbonyl (C=O) groups excluding carboxylic acids is 1. The monoisotopic (exact) mass is 203 g/mol. The van der Waals surface area contributed by atoms with Crippen LogP contribution in [-0.4, -0.2) is 17.9 Å². The number of halogens is 3. The van der Waals surface area contributed by atoms with Gasteiger partial charge in [-0.05, 0) is 6.07 Å². The smallest absolute Gasteiger partial charge is 0.445 e. The Hall–Kier alpha value is -1.53. The average Bonchev–Trinajstić information content (AvgIpc) is 2.02. The summed E-state index contributed by atoms with van der Waals surface area (Å²) < 4.78 is 36.4. The highest BCUT2D eigenvalue weighted by Gasteiger charge is 2.25. The standard InChI is InChI=1S/C7H7BF3N2O/c1-5(14)13-7-3-2-6(4-12-7)8(9,10)11/h2-4H,1H3,(H,12,13,14)/q-1. The highest BCUT2D eigenvalue weighted by Crippen LogP contribution is 2.09. The molecule has 0 aliphatic carbocycles. The molecule has 1 N–H and O–H groups in total. The third kappa shape index (κ3) is 2.76. The van der Waals surface area contributed by atoms with Crippen LogP contribution < -0.4 is 10.8 Å². The number of nitrogens with zero attached hydrogens (tertiary/aromatic N) is 1. The molecule has 0 aliphatic heterocycles. The largest absolute Gasteiger partial charge is 0.511 e. The normalized spacial score (nSPS) is 11.1. The summed E-state index contributed by atoms with van der Waals surface area (Å²) in [5, 5.41) is 2.27. The van der Waals surface area contributed by atoms with Gasteiger partial charge >= 0.3 is 6.98 Å². The topological polar surface area (TPSA) is 42.0 Å². The quantitative estimate of drug-likeness (QED) is 0.731. The lowest BCUT2D eigenvalue weighted by molar-refractivity contribution is -0.114. The molecule has 0 saturated carbocycles. The fourth-order valence-electron chi connectivity index (χ4n) is 0.853. The number of aromatic nitrogens is 1. The summed E-state index contributed by atoms with van der Waals surface area (Å²) >= 11 is 0. The first-order chi connectivity index (χ1) is 6.39. The van der Waals surface area contributed by atoms with Crippen LogP contribution in [0.2, 0.25) is 0 Å². The van der Waals surface area contributed by atoms with E-state index in [2.05, 4.69) is 10.3 Å². The van der Waals surface area contributed by atoms with E-state index in [1.165, 1.54) is 6.92 Å². The van der Waals surface area contributed by atoms with Crippen LogP contribution in [0, 0.1) is 0 Å². The number of hydrogen-bond donors (Lipinski definition) is 1. The van der Waals surface area contributed by atoms with E-state index in [-0.39, 0.29) is 11.7 Å². The highest BCUT2D eigenvalue weighted by molar-refractivity contribution is 6.73. The van der Waals surface area contributed by atoms with Crippen molar-refractivity contribution in [1.29, 1.82) is 0 Å². The molecule has 0 aliphatic rings. The predicted octanol–water partition coefficient (Wildman–Crippen LogP) is 1.09. The summed E-state index contributed by atoms with van der Waals surface area (Å²) in [6.07, 6.45) is 0.700. The van der Waals surface area contributed by atoms with Gasteiger partial charge < -0.3 is 18.3 Å². The molecule has 7 heteroatoms. The van der Waals surface area contributed by atoms with E-state index in [9.17, 15) is 17.7 Å². The number of rotatable bonds is 2. The maximum absolute atomic E-state index is 12.1. The van der Waals surface area contributed by atoms with Gasteiger partial charge in [0.05, 0.1) is 0 Å². The molecule has 1 amide bonds. The minimum Gasteiger partial charge on any atom is -0.445 e. The first-order valence-electron chi connectivity index (χ1n) is 3.83. The molecule has 1 aromatic rings. The summed E-state index contributed by atoms with van der Waals surface area (Å²) in [4.78, 5) is 14.0. The Morgan fingerprint density at radius 1 is 1.43 bits per heavy atom. The van der Waals surface area contributed by atoms with E-state index in [0.717, 1.165) is 12.1 Å². The maximum Gasteiger partial charge on any atom is 0.511 e. The molecule has 0 saturated heterocycles. The Labute approximate surface area is 78.4 Å². The summed E-state index contributed by atoms with van der Waals surface area (Å²) in [7, 11) is 0. The summed E-state index contributed by atoms with van der Waals surface area (Å²) in [5.74, 6) is -0.260. The maximum atomic E-state index is 12.1. The fraction of sp³-hybridized carbons (Fsp3) is 0.143. The van der Waals surface area contributed by atoms with E-state index in [0.29, 0.717) is 6.20 Å². The van der Waals surface area contributed by atoms with Gasteiger partial charge in [-0.25, -0.2) is 4.98 Å². The minimum absolute atomic E-state index is 0.112. The van der Waals surface area contributed by atoms with Gasteiger partial charge in [0.2, 0.25) is 5.91 Å². The first kappa shape index (κ1) is 10.6. The van der Waals surface area contributed by atoms with Gasteiger partial charge in [-0.15, -0.1) is 0 Å². The van der Waals surface area contributed by atoms with Gasteiger partial charge in [0.1, 0.15) is 5.82 Å². The average molecular weight is 203 g/mol. The van der Waals surface area contributed by atoms with E-state index in [4.69, 9.17) is 0 Å². The summed E-state index contributed by atoms with van der Waals surface area (Å²) in [6, 6.07) is 2.00. The summed E-state index contributed by atoms with van der Waals surface area (Å²) in [5.41, 5.74) is -0.779. The Balaban J connectivity index is 2.84. The number of anilines is 1. The molecule has 1 heterocycles. The van der Waals surface area contributed by atoms with Crippen molar-refractivity contribution in [1.82, 2.24) is 4.98 Å². The van der Waals surface area contributed by atoms with Crippen LogP contribution in [0.15, 0.2) is 18.3 Å². The summed E-state index contributed by atoms with van der Waals surface area (Å²) in [6.45, 7) is -3.76. The third-order valence-corrected chi connectivity index (χ3v) is 1.47. The van der Waals surface area contributed by atoms with Gasteiger partial charge in [0, 0.05) is 13.1 Å². The van der Waals surface area contributed by atoms with E-state index in [1.54, 1.807) is 0 Å². The number of hydrogen-bond acceptors (Lipinski definition) is 2. The van der Waals surface area contributed by atoms with Crippen molar-refractivity contribution >= 4 is 24.2 Å². The van der Waals surface area contributed by atoms with Crippen LogP contribution in [0.25, 0.3) is 0 Å². The highest BCUT2D eigenvalue weighted by atomic mass is 19.4.